The van der Waals surface area contributed by atoms with Crippen molar-refractivity contribution < 1.29 is 4.39 Å². The van der Waals surface area contributed by atoms with Crippen molar-refractivity contribution in [2.45, 2.75) is 51.2 Å². The van der Waals surface area contributed by atoms with Crippen molar-refractivity contribution in [3.05, 3.63) is 0 Å². The third-order valence-corrected chi connectivity index (χ3v) is 5.05. The normalized spacial score (nSPS) is 14.5. The second-order valence-corrected chi connectivity index (χ2v) is 12.0. The molecule has 0 radical (unpaired) electrons. The van der Waals surface area contributed by atoms with Gasteiger partial charge in [0.1, 0.15) is 5.79 Å². The van der Waals surface area contributed by atoms with Crippen LogP contribution >= 0.6 is 33.2 Å². The lowest BCUT2D eigenvalue weighted by atomic mass is 10.1. The van der Waals surface area contributed by atoms with Crippen LogP contribution in [0.25, 0.3) is 0 Å². The van der Waals surface area contributed by atoms with Crippen molar-refractivity contribution in [2.75, 3.05) is 0 Å². The van der Waals surface area contributed by atoms with Crippen LogP contribution in [0.3, 0.4) is 0 Å². The van der Waals surface area contributed by atoms with Crippen molar-refractivity contribution in [1.82, 2.24) is 0 Å². The van der Waals surface area contributed by atoms with Crippen molar-refractivity contribution in [3.63, 3.8) is 0 Å². The molecule has 0 aliphatic carbocycles. The van der Waals surface area contributed by atoms with Crippen molar-refractivity contribution >= 4 is 39.2 Å². The first-order valence-corrected chi connectivity index (χ1v) is 9.80. The van der Waals surface area contributed by atoms with Crippen LogP contribution in [-0.4, -0.2) is 11.8 Å². The van der Waals surface area contributed by atoms with Crippen molar-refractivity contribution in [3.8, 4) is 0 Å². The number of hydrogen-bond acceptors (Lipinski definition) is 0. The van der Waals surface area contributed by atoms with E-state index in [1.54, 1.807) is 0 Å². The van der Waals surface area contributed by atoms with E-state index >= 15 is 0 Å². The zero-order valence-electron chi connectivity index (χ0n) is 7.83. The predicted octanol–water partition coefficient (Wildman–Crippen LogP) is 4.88. The topological polar surface area (TPSA) is 0 Å². The molecule has 0 saturated heterocycles. The van der Waals surface area contributed by atoms with Gasteiger partial charge in [-0.2, -0.15) is 0 Å². The monoisotopic (exact) mass is 264 g/mol. The van der Waals surface area contributed by atoms with Gasteiger partial charge in [0.05, 0.1) is 0 Å². The zero-order chi connectivity index (χ0) is 10.3. The molecule has 0 N–H and O–H groups in total. The van der Waals surface area contributed by atoms with Gasteiger partial charge in [0.25, 0.3) is 0 Å². The molecule has 0 aromatic rings. The maximum absolute atomic E-state index is 13.1. The highest BCUT2D eigenvalue weighted by atomic mass is 35.8. The van der Waals surface area contributed by atoms with Crippen LogP contribution in [0, 0.1) is 0 Å². The van der Waals surface area contributed by atoms with Gasteiger partial charge in [-0.3, -0.25) is 0 Å². The van der Waals surface area contributed by atoms with Gasteiger partial charge in [0.15, 0.2) is 0 Å². The lowest BCUT2D eigenvalue weighted by Gasteiger charge is -2.13. The molecule has 1 atom stereocenters. The Hall–Kier alpha value is 1.02. The zero-order valence-corrected chi connectivity index (χ0v) is 11.1. The Morgan fingerprint density at radius 2 is 1.62 bits per heavy atom. The van der Waals surface area contributed by atoms with E-state index in [0.29, 0.717) is 6.42 Å². The Labute approximate surface area is 94.9 Å². The van der Waals surface area contributed by atoms with Crippen LogP contribution in [0.2, 0.25) is 0 Å². The number of rotatable bonds is 7. The fourth-order valence-corrected chi connectivity index (χ4v) is 2.60. The van der Waals surface area contributed by atoms with Crippen molar-refractivity contribution in [2.24, 2.45) is 0 Å². The van der Waals surface area contributed by atoms with Crippen LogP contribution in [0.5, 0.6) is 0 Å². The van der Waals surface area contributed by atoms with Gasteiger partial charge in [0, 0.05) is 0 Å². The molecule has 0 nitrogen and oxygen atoms in total. The molecular weight excluding hydrogens is 250 g/mol. The van der Waals surface area contributed by atoms with Gasteiger partial charge in [-0.15, -0.1) is 33.2 Å². The minimum atomic E-state index is -3.08. The van der Waals surface area contributed by atoms with Gasteiger partial charge < -0.3 is 0 Å². The molecular formula is C8H16Cl3FSi. The summed E-state index contributed by atoms with van der Waals surface area (Å²) in [5, 5.41) is 0. The number of hydrogen-bond donors (Lipinski definition) is 0. The molecule has 13 heavy (non-hydrogen) atoms. The Kier molecular flexibility index (Phi) is 7.90. The number of alkyl halides is 1. The number of unbranched alkanes of at least 4 members (excludes halogenated alkanes) is 4. The number of halogens is 4. The molecule has 80 valence electrons. The summed E-state index contributed by atoms with van der Waals surface area (Å²) in [5.41, 5.74) is 0. The Bertz CT molecular complexity index is 127. The fourth-order valence-electron chi connectivity index (χ4n) is 1.09. The molecule has 0 aromatic carbocycles. The lowest BCUT2D eigenvalue weighted by molar-refractivity contribution is 0.398. The van der Waals surface area contributed by atoms with Crippen molar-refractivity contribution in [1.29, 1.82) is 0 Å². The van der Waals surface area contributed by atoms with Gasteiger partial charge in [-0.1, -0.05) is 39.0 Å². The minimum absolute atomic E-state index is 0.409. The second-order valence-electron chi connectivity index (χ2n) is 3.21. The van der Waals surface area contributed by atoms with Crippen LogP contribution in [-0.2, 0) is 0 Å². The molecule has 0 aliphatic heterocycles. The average Bonchev–Trinajstić information content (AvgIpc) is 2.02. The summed E-state index contributed by atoms with van der Waals surface area (Å²) >= 11 is 16.6. The lowest BCUT2D eigenvalue weighted by Crippen LogP contribution is -2.26. The van der Waals surface area contributed by atoms with E-state index in [1.165, 1.54) is 12.8 Å². The standard InChI is InChI=1S/C8H16Cl3FSi/c1-2-3-4-5-6-7-8(12)13(9,10)11/h8H,2-7H2,1H3. The fraction of sp³-hybridized carbons (Fsp3) is 1.00. The SMILES string of the molecule is CCCCCCCC(F)[Si](Cl)(Cl)Cl. The van der Waals surface area contributed by atoms with E-state index in [-0.39, 0.29) is 0 Å². The summed E-state index contributed by atoms with van der Waals surface area (Å²) in [6, 6.07) is -3.08. The van der Waals surface area contributed by atoms with Gasteiger partial charge in [-0.25, -0.2) is 4.39 Å². The molecule has 0 spiro atoms. The molecule has 0 fully saturated rings. The average molecular weight is 266 g/mol. The van der Waals surface area contributed by atoms with Crippen LogP contribution in [0.15, 0.2) is 0 Å². The molecule has 0 rings (SSSR count). The van der Waals surface area contributed by atoms with E-state index in [4.69, 9.17) is 33.2 Å². The molecule has 0 bridgehead atoms. The first-order chi connectivity index (χ1) is 5.98. The van der Waals surface area contributed by atoms with Gasteiger partial charge >= 0.3 is 6.00 Å². The highest BCUT2D eigenvalue weighted by Gasteiger charge is 2.36. The molecule has 0 aliphatic rings. The largest absolute Gasteiger partial charge is 0.374 e. The highest BCUT2D eigenvalue weighted by molar-refractivity contribution is 7.65. The van der Waals surface area contributed by atoms with Crippen LogP contribution < -0.4 is 0 Å². The van der Waals surface area contributed by atoms with E-state index in [1.807, 2.05) is 0 Å². The summed E-state index contributed by atoms with van der Waals surface area (Å²) < 4.78 is 13.1. The van der Waals surface area contributed by atoms with E-state index in [2.05, 4.69) is 6.92 Å². The second kappa shape index (κ2) is 7.33. The Morgan fingerprint density at radius 3 is 2.08 bits per heavy atom. The van der Waals surface area contributed by atoms with Crippen LogP contribution in [0.4, 0.5) is 4.39 Å². The maximum atomic E-state index is 13.1. The van der Waals surface area contributed by atoms with Gasteiger partial charge in [0.2, 0.25) is 0 Å². The predicted molar refractivity (Wildman–Crippen MR) is 61.6 cm³/mol. The Balaban J connectivity index is 3.32. The first kappa shape index (κ1) is 14.0. The van der Waals surface area contributed by atoms with E-state index < -0.39 is 11.8 Å². The summed E-state index contributed by atoms with van der Waals surface area (Å²) in [6.07, 6.45) is 5.85. The van der Waals surface area contributed by atoms with E-state index in [9.17, 15) is 4.39 Å². The summed E-state index contributed by atoms with van der Waals surface area (Å²) in [5.74, 6) is -1.20. The van der Waals surface area contributed by atoms with Crippen LogP contribution in [0.1, 0.15) is 45.4 Å². The third kappa shape index (κ3) is 8.04. The summed E-state index contributed by atoms with van der Waals surface area (Å²) in [7, 11) is 0. The first-order valence-electron chi connectivity index (χ1n) is 4.69. The van der Waals surface area contributed by atoms with Gasteiger partial charge in [-0.05, 0) is 6.42 Å². The smallest absolute Gasteiger partial charge is 0.247 e. The highest BCUT2D eigenvalue weighted by Crippen LogP contribution is 2.29. The van der Waals surface area contributed by atoms with E-state index in [0.717, 1.165) is 19.3 Å². The summed E-state index contributed by atoms with van der Waals surface area (Å²) in [4.78, 5) is 0. The quantitative estimate of drug-likeness (QED) is 0.350. The molecule has 0 amide bonds. The maximum Gasteiger partial charge on any atom is 0.374 e. The minimum Gasteiger partial charge on any atom is -0.247 e. The Morgan fingerprint density at radius 1 is 1.08 bits per heavy atom. The molecule has 0 aromatic heterocycles. The third-order valence-electron chi connectivity index (χ3n) is 1.92. The molecule has 0 saturated carbocycles. The molecule has 0 heterocycles. The summed E-state index contributed by atoms with van der Waals surface area (Å²) in [6.45, 7) is 2.15. The molecule has 5 heteroatoms. The molecule has 1 unspecified atom stereocenters.